The Morgan fingerprint density at radius 3 is 2.44 bits per heavy atom. The van der Waals surface area contributed by atoms with Crippen LogP contribution < -0.4 is 14.4 Å². The van der Waals surface area contributed by atoms with Crippen LogP contribution in [0, 0.1) is 0 Å². The minimum atomic E-state index is -0.0266. The molecular formula is C25H29ClN4O3S. The minimum Gasteiger partial charge on any atom is -0.493 e. The molecule has 0 spiro atoms. The highest BCUT2D eigenvalue weighted by molar-refractivity contribution is 7.98. The van der Waals surface area contributed by atoms with Gasteiger partial charge in [-0.05, 0) is 41.8 Å². The smallest absolute Gasteiger partial charge is 0.253 e. The van der Waals surface area contributed by atoms with Crippen molar-refractivity contribution in [2.75, 3.05) is 46.8 Å². The molecule has 34 heavy (non-hydrogen) atoms. The van der Waals surface area contributed by atoms with Gasteiger partial charge in [0.25, 0.3) is 5.91 Å². The number of ether oxygens (including phenoxy) is 2. The van der Waals surface area contributed by atoms with E-state index in [0.717, 1.165) is 16.9 Å². The lowest BCUT2D eigenvalue weighted by Crippen LogP contribution is -2.28. The van der Waals surface area contributed by atoms with Crippen LogP contribution in [-0.2, 0) is 12.2 Å². The summed E-state index contributed by atoms with van der Waals surface area (Å²) < 4.78 is 10.7. The van der Waals surface area contributed by atoms with E-state index in [2.05, 4.69) is 9.97 Å². The first-order valence-electron chi connectivity index (χ1n) is 10.7. The largest absolute Gasteiger partial charge is 0.493 e. The second-order valence-corrected chi connectivity index (χ2v) is 9.21. The summed E-state index contributed by atoms with van der Waals surface area (Å²) >= 11 is 7.61. The number of halogens is 1. The molecule has 0 bridgehead atoms. The number of carbonyl (C=O) groups is 1. The highest BCUT2D eigenvalue weighted by atomic mass is 35.5. The summed E-state index contributed by atoms with van der Waals surface area (Å²) in [5, 5.41) is 1.00. The number of benzene rings is 2. The van der Waals surface area contributed by atoms with E-state index in [1.165, 1.54) is 11.8 Å². The average molecular weight is 501 g/mol. The van der Waals surface area contributed by atoms with Gasteiger partial charge < -0.3 is 19.3 Å². The number of rotatable bonds is 10. The van der Waals surface area contributed by atoms with Crippen LogP contribution >= 0.6 is 23.4 Å². The molecule has 1 aromatic heterocycles. The number of carbonyl (C=O) groups excluding carboxylic acids is 1. The third-order valence-electron chi connectivity index (χ3n) is 5.19. The van der Waals surface area contributed by atoms with E-state index in [9.17, 15) is 4.79 Å². The van der Waals surface area contributed by atoms with Crippen molar-refractivity contribution in [3.05, 3.63) is 70.4 Å². The summed E-state index contributed by atoms with van der Waals surface area (Å²) in [5.74, 6) is 2.72. The molecule has 1 amide bonds. The highest BCUT2D eigenvalue weighted by Gasteiger charge is 2.14. The zero-order valence-corrected chi connectivity index (χ0v) is 21.6. The summed E-state index contributed by atoms with van der Waals surface area (Å²) in [4.78, 5) is 25.4. The standard InChI is InChI=1S/C25H29ClN4O3S/c1-29(2)23-15-22(26)27-25(28-23)34-16-18-7-6-8-19(13-18)24(31)30(3)12-11-17-9-10-20(32-4)21(14-17)33-5/h6-10,13-15H,11-12,16H2,1-5H3. The molecule has 0 aliphatic rings. The van der Waals surface area contributed by atoms with Gasteiger partial charge in [0.1, 0.15) is 11.0 Å². The van der Waals surface area contributed by atoms with Crippen LogP contribution in [0.5, 0.6) is 11.5 Å². The van der Waals surface area contributed by atoms with Gasteiger partial charge >= 0.3 is 0 Å². The molecule has 9 heteroatoms. The molecule has 180 valence electrons. The van der Waals surface area contributed by atoms with E-state index in [4.69, 9.17) is 21.1 Å². The number of nitrogens with zero attached hydrogens (tertiary/aromatic N) is 4. The molecule has 0 fully saturated rings. The molecule has 0 aliphatic heterocycles. The molecule has 0 radical (unpaired) electrons. The van der Waals surface area contributed by atoms with Gasteiger partial charge in [0, 0.05) is 45.1 Å². The Balaban J connectivity index is 1.62. The zero-order chi connectivity index (χ0) is 24.7. The van der Waals surface area contributed by atoms with E-state index in [0.29, 0.717) is 46.1 Å². The first-order valence-corrected chi connectivity index (χ1v) is 12.1. The molecule has 3 aromatic rings. The Morgan fingerprint density at radius 1 is 0.971 bits per heavy atom. The van der Waals surface area contributed by atoms with Gasteiger partial charge in [-0.15, -0.1) is 0 Å². The maximum Gasteiger partial charge on any atom is 0.253 e. The molecule has 1 heterocycles. The number of likely N-dealkylation sites (N-methyl/N-ethyl adjacent to an activating group) is 1. The molecule has 0 saturated heterocycles. The lowest BCUT2D eigenvalue weighted by atomic mass is 10.1. The molecular weight excluding hydrogens is 472 g/mol. The zero-order valence-electron chi connectivity index (χ0n) is 20.0. The Kier molecular flexibility index (Phi) is 9.01. The van der Waals surface area contributed by atoms with Crippen LogP contribution in [0.2, 0.25) is 5.15 Å². The number of methoxy groups -OCH3 is 2. The fourth-order valence-electron chi connectivity index (χ4n) is 3.28. The maximum absolute atomic E-state index is 13.0. The van der Waals surface area contributed by atoms with Crippen molar-refractivity contribution in [2.45, 2.75) is 17.3 Å². The summed E-state index contributed by atoms with van der Waals surface area (Å²) in [5.41, 5.74) is 2.73. The van der Waals surface area contributed by atoms with Gasteiger partial charge in [-0.25, -0.2) is 9.97 Å². The molecule has 0 N–H and O–H groups in total. The van der Waals surface area contributed by atoms with Crippen LogP contribution in [0.25, 0.3) is 0 Å². The van der Waals surface area contributed by atoms with Gasteiger partial charge in [-0.2, -0.15) is 0 Å². The van der Waals surface area contributed by atoms with E-state index in [1.54, 1.807) is 25.2 Å². The first kappa shape index (κ1) is 25.6. The molecule has 0 atom stereocenters. The van der Waals surface area contributed by atoms with Crippen molar-refractivity contribution < 1.29 is 14.3 Å². The Bertz CT molecular complexity index is 1140. The normalized spacial score (nSPS) is 10.6. The van der Waals surface area contributed by atoms with Crippen LogP contribution in [0.3, 0.4) is 0 Å². The lowest BCUT2D eigenvalue weighted by molar-refractivity contribution is 0.0796. The topological polar surface area (TPSA) is 67.8 Å². The number of amides is 1. The van der Waals surface area contributed by atoms with Gasteiger partial charge in [-0.1, -0.05) is 41.6 Å². The number of anilines is 1. The third-order valence-corrected chi connectivity index (χ3v) is 6.30. The fraction of sp³-hybridized carbons (Fsp3) is 0.320. The lowest BCUT2D eigenvalue weighted by Gasteiger charge is -2.18. The van der Waals surface area contributed by atoms with Crippen LogP contribution in [-0.4, -0.2) is 62.7 Å². The van der Waals surface area contributed by atoms with Crippen molar-refractivity contribution in [2.24, 2.45) is 0 Å². The number of hydrogen-bond donors (Lipinski definition) is 0. The van der Waals surface area contributed by atoms with E-state index in [1.807, 2.05) is 68.5 Å². The van der Waals surface area contributed by atoms with E-state index < -0.39 is 0 Å². The molecule has 0 aliphatic carbocycles. The van der Waals surface area contributed by atoms with Crippen molar-refractivity contribution in [1.29, 1.82) is 0 Å². The summed E-state index contributed by atoms with van der Waals surface area (Å²) in [6.45, 7) is 0.580. The SMILES string of the molecule is COc1ccc(CCN(C)C(=O)c2cccc(CSc3nc(Cl)cc(N(C)C)n3)c2)cc1OC. The molecule has 0 unspecified atom stereocenters. The Hall–Kier alpha value is -2.97. The van der Waals surface area contributed by atoms with Gasteiger partial charge in [0.15, 0.2) is 16.7 Å². The molecule has 3 rings (SSSR count). The van der Waals surface area contributed by atoms with Crippen molar-refractivity contribution in [1.82, 2.24) is 14.9 Å². The Morgan fingerprint density at radius 2 is 1.74 bits per heavy atom. The van der Waals surface area contributed by atoms with E-state index >= 15 is 0 Å². The second kappa shape index (κ2) is 11.9. The van der Waals surface area contributed by atoms with Crippen LogP contribution in [0.1, 0.15) is 21.5 Å². The fourth-order valence-corrected chi connectivity index (χ4v) is 4.30. The first-order chi connectivity index (χ1) is 16.3. The molecule has 0 saturated carbocycles. The van der Waals surface area contributed by atoms with Gasteiger partial charge in [0.05, 0.1) is 14.2 Å². The third kappa shape index (κ3) is 6.77. The number of aromatic nitrogens is 2. The second-order valence-electron chi connectivity index (χ2n) is 7.88. The maximum atomic E-state index is 13.0. The highest BCUT2D eigenvalue weighted by Crippen LogP contribution is 2.28. The van der Waals surface area contributed by atoms with Gasteiger partial charge in [0.2, 0.25) is 0 Å². The molecule has 7 nitrogen and oxygen atoms in total. The van der Waals surface area contributed by atoms with Crippen LogP contribution in [0.4, 0.5) is 5.82 Å². The average Bonchev–Trinajstić information content (AvgIpc) is 2.85. The monoisotopic (exact) mass is 500 g/mol. The van der Waals surface area contributed by atoms with Crippen molar-refractivity contribution >= 4 is 35.1 Å². The predicted octanol–water partition coefficient (Wildman–Crippen LogP) is 4.82. The number of hydrogen-bond acceptors (Lipinski definition) is 7. The minimum absolute atomic E-state index is 0.0266. The van der Waals surface area contributed by atoms with Crippen LogP contribution in [0.15, 0.2) is 53.7 Å². The summed E-state index contributed by atoms with van der Waals surface area (Å²) in [6, 6.07) is 15.2. The van der Waals surface area contributed by atoms with Crippen molar-refractivity contribution in [3.63, 3.8) is 0 Å². The van der Waals surface area contributed by atoms with E-state index in [-0.39, 0.29) is 5.91 Å². The van der Waals surface area contributed by atoms with Crippen molar-refractivity contribution in [3.8, 4) is 11.5 Å². The predicted molar refractivity (Wildman–Crippen MR) is 138 cm³/mol. The summed E-state index contributed by atoms with van der Waals surface area (Å²) in [6.07, 6.45) is 0.707. The Labute approximate surface area is 210 Å². The quantitative estimate of drug-likeness (QED) is 0.224. The number of thioether (sulfide) groups is 1. The summed E-state index contributed by atoms with van der Waals surface area (Å²) in [7, 11) is 8.85. The van der Waals surface area contributed by atoms with Gasteiger partial charge in [-0.3, -0.25) is 4.79 Å². The molecule has 2 aromatic carbocycles.